The van der Waals surface area contributed by atoms with Crippen molar-refractivity contribution in [2.75, 3.05) is 7.05 Å². The minimum Gasteiger partial charge on any atom is -0.391 e. The minimum absolute atomic E-state index is 0.0102. The topological polar surface area (TPSA) is 95.5 Å². The van der Waals surface area contributed by atoms with Gasteiger partial charge in [0.2, 0.25) is 5.91 Å². The number of carbonyl (C=O) groups excluding carboxylic acids is 3. The third-order valence-electron chi connectivity index (χ3n) is 3.24. The van der Waals surface area contributed by atoms with E-state index in [1.807, 2.05) is 0 Å². The molecule has 1 amide bonds. The molecule has 0 aromatic heterocycles. The van der Waals surface area contributed by atoms with Crippen LogP contribution in [0.1, 0.15) is 46.5 Å². The van der Waals surface area contributed by atoms with Crippen LogP contribution in [-0.4, -0.2) is 47.8 Å². The van der Waals surface area contributed by atoms with E-state index in [4.69, 9.17) is 0 Å². The predicted octanol–water partition coefficient (Wildman–Crippen LogP) is 0.178. The number of amides is 1. The zero-order valence-electron chi connectivity index (χ0n) is 12.7. The molecular formula is C14H26N2O4. The summed E-state index contributed by atoms with van der Waals surface area (Å²) in [5.74, 6) is -0.207. The Kier molecular flexibility index (Phi) is 9.00. The van der Waals surface area contributed by atoms with E-state index in [9.17, 15) is 19.5 Å². The summed E-state index contributed by atoms with van der Waals surface area (Å²) < 4.78 is 0. The van der Waals surface area contributed by atoms with Crippen molar-refractivity contribution in [1.29, 1.82) is 0 Å². The van der Waals surface area contributed by atoms with Crippen LogP contribution in [0.4, 0.5) is 0 Å². The molecule has 3 atom stereocenters. The summed E-state index contributed by atoms with van der Waals surface area (Å²) in [6.07, 6.45) is 0.639. The zero-order valence-corrected chi connectivity index (χ0v) is 12.7. The van der Waals surface area contributed by atoms with Crippen molar-refractivity contribution in [1.82, 2.24) is 10.6 Å². The predicted molar refractivity (Wildman–Crippen MR) is 76.3 cm³/mol. The molecule has 0 spiro atoms. The largest absolute Gasteiger partial charge is 0.391 e. The van der Waals surface area contributed by atoms with Gasteiger partial charge in [-0.2, -0.15) is 0 Å². The fourth-order valence-corrected chi connectivity index (χ4v) is 1.90. The Morgan fingerprint density at radius 1 is 1.10 bits per heavy atom. The molecule has 6 nitrogen and oxygen atoms in total. The van der Waals surface area contributed by atoms with Gasteiger partial charge in [0.05, 0.1) is 18.2 Å². The minimum atomic E-state index is -0.716. The van der Waals surface area contributed by atoms with Crippen molar-refractivity contribution in [3.63, 3.8) is 0 Å². The average Bonchev–Trinajstić information content (AvgIpc) is 2.34. The molecule has 20 heavy (non-hydrogen) atoms. The molecule has 6 heteroatoms. The summed E-state index contributed by atoms with van der Waals surface area (Å²) in [7, 11) is 1.68. The second-order valence-corrected chi connectivity index (χ2v) is 5.15. The van der Waals surface area contributed by atoms with Gasteiger partial charge in [0, 0.05) is 12.8 Å². The van der Waals surface area contributed by atoms with E-state index >= 15 is 0 Å². The lowest BCUT2D eigenvalue weighted by Gasteiger charge is -2.21. The first-order chi connectivity index (χ1) is 9.27. The van der Waals surface area contributed by atoms with Crippen molar-refractivity contribution >= 4 is 17.5 Å². The van der Waals surface area contributed by atoms with Gasteiger partial charge in [-0.15, -0.1) is 0 Å². The van der Waals surface area contributed by atoms with Gasteiger partial charge in [-0.1, -0.05) is 0 Å². The van der Waals surface area contributed by atoms with Gasteiger partial charge in [0.15, 0.2) is 0 Å². The molecular weight excluding hydrogens is 260 g/mol. The van der Waals surface area contributed by atoms with Crippen LogP contribution >= 0.6 is 0 Å². The highest BCUT2D eigenvalue weighted by Gasteiger charge is 2.19. The number of nitrogens with one attached hydrogen (secondary N) is 2. The van der Waals surface area contributed by atoms with Crippen LogP contribution in [0.5, 0.6) is 0 Å². The van der Waals surface area contributed by atoms with E-state index in [1.165, 1.54) is 13.8 Å². The number of aliphatic hydroxyl groups is 1. The van der Waals surface area contributed by atoms with E-state index < -0.39 is 12.1 Å². The summed E-state index contributed by atoms with van der Waals surface area (Å²) in [6.45, 7) is 4.53. The van der Waals surface area contributed by atoms with E-state index in [0.717, 1.165) is 0 Å². The molecule has 0 saturated heterocycles. The van der Waals surface area contributed by atoms with Crippen LogP contribution in [0.2, 0.25) is 0 Å². The number of carbonyl (C=O) groups is 3. The lowest BCUT2D eigenvalue weighted by atomic mass is 10.0. The monoisotopic (exact) mass is 286 g/mol. The van der Waals surface area contributed by atoms with E-state index in [0.29, 0.717) is 19.3 Å². The van der Waals surface area contributed by atoms with Gasteiger partial charge in [-0.05, 0) is 40.7 Å². The Balaban J connectivity index is 4.25. The molecule has 0 aliphatic rings. The van der Waals surface area contributed by atoms with E-state index in [1.54, 1.807) is 14.0 Å². The highest BCUT2D eigenvalue weighted by molar-refractivity contribution is 5.83. The van der Waals surface area contributed by atoms with Gasteiger partial charge in [-0.25, -0.2) is 0 Å². The molecule has 0 radical (unpaired) electrons. The van der Waals surface area contributed by atoms with Crippen molar-refractivity contribution in [3.05, 3.63) is 0 Å². The maximum atomic E-state index is 11.8. The maximum absolute atomic E-state index is 11.8. The second-order valence-electron chi connectivity index (χ2n) is 5.15. The molecule has 0 rings (SSSR count). The molecule has 3 unspecified atom stereocenters. The smallest absolute Gasteiger partial charge is 0.220 e. The standard InChI is InChI=1S/C14H26N2O4/c1-9(17)5-6-13(11(3)19)16-14(20)8-7-12(15-4)10(2)18/h11-13,15,19H,5-8H2,1-4H3,(H,16,20). The number of aliphatic hydroxyl groups excluding tert-OH is 1. The number of hydrogen-bond acceptors (Lipinski definition) is 5. The Bertz CT molecular complexity index is 342. The van der Waals surface area contributed by atoms with Crippen molar-refractivity contribution in [2.45, 2.75) is 64.6 Å². The number of ketones is 2. The zero-order chi connectivity index (χ0) is 15.7. The fraction of sp³-hybridized carbons (Fsp3) is 0.786. The summed E-state index contributed by atoms with van der Waals surface area (Å²) in [5, 5.41) is 15.2. The first-order valence-electron chi connectivity index (χ1n) is 6.92. The van der Waals surface area contributed by atoms with Gasteiger partial charge in [-0.3, -0.25) is 9.59 Å². The SMILES string of the molecule is CNC(CCC(=O)NC(CCC(C)=O)C(C)O)C(C)=O. The molecule has 0 bridgehead atoms. The number of hydrogen-bond donors (Lipinski definition) is 3. The Morgan fingerprint density at radius 3 is 2.10 bits per heavy atom. The lowest BCUT2D eigenvalue weighted by molar-refractivity contribution is -0.124. The number of Topliss-reactive ketones (excluding diaryl/α,β-unsaturated/α-hetero) is 2. The van der Waals surface area contributed by atoms with Gasteiger partial charge in [0.25, 0.3) is 0 Å². The third-order valence-corrected chi connectivity index (χ3v) is 3.24. The number of rotatable bonds is 10. The molecule has 3 N–H and O–H groups in total. The molecule has 0 aromatic carbocycles. The quantitative estimate of drug-likeness (QED) is 0.532. The molecule has 0 saturated carbocycles. The molecule has 0 aliphatic carbocycles. The fourth-order valence-electron chi connectivity index (χ4n) is 1.90. The normalized spacial score (nSPS) is 15.2. The number of likely N-dealkylation sites (N-methyl/N-ethyl adjacent to an activating group) is 1. The van der Waals surface area contributed by atoms with E-state index in [-0.39, 0.29) is 29.9 Å². The van der Waals surface area contributed by atoms with Crippen LogP contribution in [-0.2, 0) is 14.4 Å². The molecule has 0 aromatic rings. The molecule has 116 valence electrons. The van der Waals surface area contributed by atoms with Crippen LogP contribution < -0.4 is 10.6 Å². The molecule has 0 fully saturated rings. The van der Waals surface area contributed by atoms with Crippen molar-refractivity contribution in [2.24, 2.45) is 0 Å². The Morgan fingerprint density at radius 2 is 1.70 bits per heavy atom. The third kappa shape index (κ3) is 8.01. The van der Waals surface area contributed by atoms with Crippen molar-refractivity contribution in [3.8, 4) is 0 Å². The first-order valence-corrected chi connectivity index (χ1v) is 6.92. The second kappa shape index (κ2) is 9.61. The summed E-state index contributed by atoms with van der Waals surface area (Å²) in [6, 6.07) is -0.764. The Hall–Kier alpha value is -1.27. The van der Waals surface area contributed by atoms with Crippen LogP contribution in [0, 0.1) is 0 Å². The lowest BCUT2D eigenvalue weighted by Crippen LogP contribution is -2.43. The van der Waals surface area contributed by atoms with Crippen LogP contribution in [0.25, 0.3) is 0 Å². The highest BCUT2D eigenvalue weighted by Crippen LogP contribution is 2.05. The molecule has 0 heterocycles. The average molecular weight is 286 g/mol. The maximum Gasteiger partial charge on any atom is 0.220 e. The van der Waals surface area contributed by atoms with Crippen LogP contribution in [0.15, 0.2) is 0 Å². The summed E-state index contributed by atoms with van der Waals surface area (Å²) in [4.78, 5) is 34.0. The Labute approximate surface area is 120 Å². The highest BCUT2D eigenvalue weighted by atomic mass is 16.3. The van der Waals surface area contributed by atoms with E-state index in [2.05, 4.69) is 10.6 Å². The van der Waals surface area contributed by atoms with Crippen LogP contribution in [0.3, 0.4) is 0 Å². The summed E-state index contributed by atoms with van der Waals surface area (Å²) >= 11 is 0. The summed E-state index contributed by atoms with van der Waals surface area (Å²) in [5.41, 5.74) is 0. The van der Waals surface area contributed by atoms with Gasteiger partial charge >= 0.3 is 0 Å². The van der Waals surface area contributed by atoms with Gasteiger partial charge < -0.3 is 20.5 Å². The molecule has 0 aliphatic heterocycles. The first kappa shape index (κ1) is 18.7. The van der Waals surface area contributed by atoms with Gasteiger partial charge in [0.1, 0.15) is 11.6 Å². The van der Waals surface area contributed by atoms with Crippen molar-refractivity contribution < 1.29 is 19.5 Å².